The van der Waals surface area contributed by atoms with Crippen LogP contribution in [0.5, 0.6) is 0 Å². The zero-order valence-electron chi connectivity index (χ0n) is 6.54. The Hall–Kier alpha value is -0.460. The molecule has 0 radical (unpaired) electrons. The summed E-state index contributed by atoms with van der Waals surface area (Å²) in [5.74, 6) is 0. The van der Waals surface area contributed by atoms with Gasteiger partial charge in [-0.25, -0.2) is 0 Å². The van der Waals surface area contributed by atoms with Crippen molar-refractivity contribution in [2.75, 3.05) is 6.61 Å². The molecule has 0 bridgehead atoms. The van der Waals surface area contributed by atoms with Crippen LogP contribution >= 0.6 is 0 Å². The van der Waals surface area contributed by atoms with E-state index < -0.39 is 31.0 Å². The van der Waals surface area contributed by atoms with E-state index in [0.717, 1.165) is 6.08 Å². The average Bonchev–Trinajstić information content (AvgIpc) is 2.12. The van der Waals surface area contributed by atoms with Gasteiger partial charge in [0.15, 0.2) is 0 Å². The maximum absolute atomic E-state index is 9.05. The van der Waals surface area contributed by atoms with E-state index in [0.29, 0.717) is 0 Å². The van der Waals surface area contributed by atoms with Gasteiger partial charge in [-0.3, -0.25) is 0 Å². The number of aliphatic hydroxyl groups is 5. The molecule has 0 saturated carbocycles. The second-order valence-corrected chi connectivity index (χ2v) is 2.46. The fraction of sp³-hybridized carbons (Fsp3) is 0.714. The van der Waals surface area contributed by atoms with E-state index in [4.69, 9.17) is 25.5 Å². The zero-order valence-corrected chi connectivity index (χ0v) is 6.54. The molecule has 0 aliphatic heterocycles. The molecule has 0 aromatic heterocycles. The molecule has 0 rings (SSSR count). The summed E-state index contributed by atoms with van der Waals surface area (Å²) in [6.07, 6.45) is -4.87. The molecule has 0 fully saturated rings. The lowest BCUT2D eigenvalue weighted by atomic mass is 10.0. The van der Waals surface area contributed by atoms with Crippen molar-refractivity contribution in [3.63, 3.8) is 0 Å². The highest BCUT2D eigenvalue weighted by Gasteiger charge is 2.28. The Balaban J connectivity index is 4.07. The fourth-order valence-corrected chi connectivity index (χ4v) is 0.677. The minimum atomic E-state index is -1.58. The van der Waals surface area contributed by atoms with E-state index in [1.54, 1.807) is 0 Å². The van der Waals surface area contributed by atoms with E-state index in [2.05, 4.69) is 6.58 Å². The van der Waals surface area contributed by atoms with Gasteiger partial charge in [0.05, 0.1) is 6.61 Å². The lowest BCUT2D eigenvalue weighted by Gasteiger charge is -2.23. The van der Waals surface area contributed by atoms with Crippen LogP contribution in [0.2, 0.25) is 0 Å². The predicted octanol–water partition coefficient (Wildman–Crippen LogP) is -2.39. The van der Waals surface area contributed by atoms with Crippen LogP contribution in [0.3, 0.4) is 0 Å². The van der Waals surface area contributed by atoms with Gasteiger partial charge in [0, 0.05) is 0 Å². The van der Waals surface area contributed by atoms with Crippen molar-refractivity contribution in [3.05, 3.63) is 12.7 Å². The minimum absolute atomic E-state index is 0.678. The van der Waals surface area contributed by atoms with Crippen molar-refractivity contribution < 1.29 is 25.5 Å². The Morgan fingerprint density at radius 1 is 1.08 bits per heavy atom. The summed E-state index contributed by atoms with van der Waals surface area (Å²) in [5.41, 5.74) is 0. The lowest BCUT2D eigenvalue weighted by Crippen LogP contribution is -2.45. The maximum Gasteiger partial charge on any atom is 0.112 e. The van der Waals surface area contributed by atoms with E-state index in [-0.39, 0.29) is 0 Å². The third-order valence-corrected chi connectivity index (χ3v) is 1.52. The summed E-state index contributed by atoms with van der Waals surface area (Å²) in [7, 11) is 0. The molecule has 0 aromatic rings. The average molecular weight is 178 g/mol. The summed E-state index contributed by atoms with van der Waals surface area (Å²) in [5, 5.41) is 44.2. The molecule has 4 atom stereocenters. The molecule has 5 nitrogen and oxygen atoms in total. The molecule has 0 spiro atoms. The quantitative estimate of drug-likeness (QED) is 0.302. The van der Waals surface area contributed by atoms with Gasteiger partial charge in [0.2, 0.25) is 0 Å². The van der Waals surface area contributed by atoms with Crippen LogP contribution in [0.1, 0.15) is 0 Å². The molecule has 0 amide bonds. The summed E-state index contributed by atoms with van der Waals surface area (Å²) in [6.45, 7) is 2.51. The second-order valence-electron chi connectivity index (χ2n) is 2.46. The molecule has 0 saturated heterocycles. The van der Waals surface area contributed by atoms with Crippen molar-refractivity contribution in [3.8, 4) is 0 Å². The highest BCUT2D eigenvalue weighted by molar-refractivity contribution is 4.90. The van der Waals surface area contributed by atoms with E-state index >= 15 is 0 Å². The topological polar surface area (TPSA) is 101 Å². The van der Waals surface area contributed by atoms with E-state index in [1.807, 2.05) is 0 Å². The summed E-state index contributed by atoms with van der Waals surface area (Å²) < 4.78 is 0. The zero-order chi connectivity index (χ0) is 9.72. The first kappa shape index (κ1) is 11.5. The molecule has 5 N–H and O–H groups in total. The molecular formula is C7H14O5. The summed E-state index contributed by atoms with van der Waals surface area (Å²) in [4.78, 5) is 0. The van der Waals surface area contributed by atoms with Gasteiger partial charge in [-0.1, -0.05) is 6.08 Å². The fourth-order valence-electron chi connectivity index (χ4n) is 0.677. The third-order valence-electron chi connectivity index (χ3n) is 1.52. The van der Waals surface area contributed by atoms with Gasteiger partial charge in [-0.2, -0.15) is 0 Å². The van der Waals surface area contributed by atoms with Crippen LogP contribution in [0.25, 0.3) is 0 Å². The monoisotopic (exact) mass is 178 g/mol. The standard InChI is InChI=1S/C7H14O5/c1-2-4(9)6(11)7(12)5(10)3-8/h2,4-12H,1,3H2/t4-,5-,6-,7+/m1/s1. The van der Waals surface area contributed by atoms with Crippen LogP contribution < -0.4 is 0 Å². The number of hydrogen-bond acceptors (Lipinski definition) is 5. The largest absolute Gasteiger partial charge is 0.394 e. The second kappa shape index (κ2) is 5.23. The summed E-state index contributed by atoms with van der Waals surface area (Å²) >= 11 is 0. The lowest BCUT2D eigenvalue weighted by molar-refractivity contribution is -0.104. The first-order valence-corrected chi connectivity index (χ1v) is 3.50. The number of hydrogen-bond donors (Lipinski definition) is 5. The van der Waals surface area contributed by atoms with Gasteiger partial charge in [0.25, 0.3) is 0 Å². The molecular weight excluding hydrogens is 164 g/mol. The molecule has 0 aliphatic rings. The molecule has 0 aliphatic carbocycles. The smallest absolute Gasteiger partial charge is 0.112 e. The highest BCUT2D eigenvalue weighted by Crippen LogP contribution is 2.04. The van der Waals surface area contributed by atoms with Gasteiger partial charge >= 0.3 is 0 Å². The third kappa shape index (κ3) is 2.88. The Morgan fingerprint density at radius 3 is 1.92 bits per heavy atom. The van der Waals surface area contributed by atoms with Gasteiger partial charge in [0.1, 0.15) is 24.4 Å². The Morgan fingerprint density at radius 2 is 1.58 bits per heavy atom. The van der Waals surface area contributed by atoms with Gasteiger partial charge in [-0.05, 0) is 0 Å². The van der Waals surface area contributed by atoms with E-state index in [9.17, 15) is 0 Å². The van der Waals surface area contributed by atoms with Gasteiger partial charge in [-0.15, -0.1) is 6.58 Å². The van der Waals surface area contributed by atoms with Crippen molar-refractivity contribution in [2.24, 2.45) is 0 Å². The van der Waals surface area contributed by atoms with Crippen molar-refractivity contribution in [1.82, 2.24) is 0 Å². The Labute approximate surface area is 70.2 Å². The number of aliphatic hydroxyl groups excluding tert-OH is 5. The molecule has 0 heterocycles. The molecule has 72 valence electrons. The van der Waals surface area contributed by atoms with E-state index in [1.165, 1.54) is 0 Å². The minimum Gasteiger partial charge on any atom is -0.394 e. The first-order valence-electron chi connectivity index (χ1n) is 3.50. The van der Waals surface area contributed by atoms with Gasteiger partial charge < -0.3 is 25.5 Å². The SMILES string of the molecule is C=C[C@@H](O)[C@@H](O)[C@@H](O)[C@H](O)CO. The first-order chi connectivity index (χ1) is 5.54. The van der Waals surface area contributed by atoms with Crippen LogP contribution in [-0.4, -0.2) is 56.6 Å². The van der Waals surface area contributed by atoms with Crippen LogP contribution in [0.15, 0.2) is 12.7 Å². The van der Waals surface area contributed by atoms with Crippen molar-refractivity contribution >= 4 is 0 Å². The van der Waals surface area contributed by atoms with Crippen molar-refractivity contribution in [2.45, 2.75) is 24.4 Å². The molecule has 12 heavy (non-hydrogen) atoms. The van der Waals surface area contributed by atoms with Crippen LogP contribution in [0, 0.1) is 0 Å². The Kier molecular flexibility index (Phi) is 5.03. The summed E-state index contributed by atoms with van der Waals surface area (Å²) in [6, 6.07) is 0. The van der Waals surface area contributed by atoms with Crippen molar-refractivity contribution in [1.29, 1.82) is 0 Å². The van der Waals surface area contributed by atoms with Crippen LogP contribution in [0.4, 0.5) is 0 Å². The molecule has 0 unspecified atom stereocenters. The normalized spacial score (nSPS) is 21.1. The maximum atomic E-state index is 9.05. The molecule has 5 heteroatoms. The predicted molar refractivity (Wildman–Crippen MR) is 41.3 cm³/mol. The molecule has 0 aromatic carbocycles. The number of rotatable bonds is 5. The highest BCUT2D eigenvalue weighted by atomic mass is 16.4. The Bertz CT molecular complexity index is 138. The van der Waals surface area contributed by atoms with Crippen LogP contribution in [-0.2, 0) is 0 Å².